The first-order chi connectivity index (χ1) is 9.90. The van der Waals surface area contributed by atoms with Gasteiger partial charge in [0.1, 0.15) is 11.4 Å². The maximum atomic E-state index is 13.1. The van der Waals surface area contributed by atoms with Crippen molar-refractivity contribution < 1.29 is 14.0 Å². The van der Waals surface area contributed by atoms with Crippen molar-refractivity contribution in [2.24, 2.45) is 5.92 Å². The van der Waals surface area contributed by atoms with Gasteiger partial charge in [-0.05, 0) is 43.4 Å². The van der Waals surface area contributed by atoms with Crippen LogP contribution in [0, 0.1) is 11.7 Å². The second-order valence-electron chi connectivity index (χ2n) is 5.92. The first kappa shape index (κ1) is 14.5. The molecule has 2 aliphatic rings. The zero-order chi connectivity index (χ0) is 15.2. The van der Waals surface area contributed by atoms with Crippen LogP contribution in [0.3, 0.4) is 0 Å². The van der Waals surface area contributed by atoms with Crippen molar-refractivity contribution in [3.05, 3.63) is 34.1 Å². The lowest BCUT2D eigenvalue weighted by atomic mass is 9.91. The molecule has 1 aromatic rings. The van der Waals surface area contributed by atoms with E-state index in [4.69, 9.17) is 0 Å². The molecule has 1 aliphatic carbocycles. The minimum Gasteiger partial charge on any atom is -0.340 e. The Morgan fingerprint density at radius 1 is 1.43 bits per heavy atom. The number of amides is 2. The van der Waals surface area contributed by atoms with Crippen LogP contribution < -0.4 is 5.32 Å². The molecule has 0 radical (unpaired) electrons. The summed E-state index contributed by atoms with van der Waals surface area (Å²) in [6.45, 7) is 2.15. The van der Waals surface area contributed by atoms with E-state index in [1.165, 1.54) is 12.1 Å². The number of piperazine rings is 1. The molecular formula is C15H16BrFN2O2. The van der Waals surface area contributed by atoms with Crippen LogP contribution in [0.5, 0.6) is 0 Å². The van der Waals surface area contributed by atoms with Crippen molar-refractivity contribution >= 4 is 27.7 Å². The van der Waals surface area contributed by atoms with Gasteiger partial charge in [-0.15, -0.1) is 0 Å². The van der Waals surface area contributed by atoms with Crippen molar-refractivity contribution in [3.63, 3.8) is 0 Å². The molecule has 112 valence electrons. The van der Waals surface area contributed by atoms with Crippen LogP contribution in [0.4, 0.5) is 4.39 Å². The van der Waals surface area contributed by atoms with Gasteiger partial charge in [-0.2, -0.15) is 0 Å². The van der Waals surface area contributed by atoms with Crippen molar-refractivity contribution in [1.82, 2.24) is 10.2 Å². The standard InChI is InChI=1S/C15H16BrFN2O2/c1-15(10-3-4-10)14(21)19(8-13(20)18-15)7-9-2-5-11(17)6-12(9)16/h2,5-6,10H,3-4,7-8H2,1H3,(H,18,20). The summed E-state index contributed by atoms with van der Waals surface area (Å²) in [5.41, 5.74) is -0.000400. The van der Waals surface area contributed by atoms with Crippen LogP contribution in [0.25, 0.3) is 0 Å². The van der Waals surface area contributed by atoms with Crippen LogP contribution >= 0.6 is 15.9 Å². The minimum atomic E-state index is -0.790. The Bertz CT molecular complexity index is 618. The van der Waals surface area contributed by atoms with Gasteiger partial charge in [-0.1, -0.05) is 22.0 Å². The third kappa shape index (κ3) is 2.69. The Kier molecular flexibility index (Phi) is 3.51. The van der Waals surface area contributed by atoms with E-state index >= 15 is 0 Å². The summed E-state index contributed by atoms with van der Waals surface area (Å²) in [7, 11) is 0. The van der Waals surface area contributed by atoms with Gasteiger partial charge in [0.05, 0.1) is 6.54 Å². The Hall–Kier alpha value is -1.43. The molecule has 1 saturated heterocycles. The topological polar surface area (TPSA) is 49.4 Å². The van der Waals surface area contributed by atoms with Gasteiger partial charge in [0.15, 0.2) is 0 Å². The van der Waals surface area contributed by atoms with Crippen LogP contribution in [0.2, 0.25) is 0 Å². The smallest absolute Gasteiger partial charge is 0.249 e. The van der Waals surface area contributed by atoms with Gasteiger partial charge in [0.25, 0.3) is 0 Å². The summed E-state index contributed by atoms with van der Waals surface area (Å²) < 4.78 is 13.7. The summed E-state index contributed by atoms with van der Waals surface area (Å²) in [5.74, 6) is -0.298. The van der Waals surface area contributed by atoms with Crippen molar-refractivity contribution in [3.8, 4) is 0 Å². The maximum Gasteiger partial charge on any atom is 0.249 e. The number of hydrogen-bond donors (Lipinski definition) is 1. The number of carbonyl (C=O) groups excluding carboxylic acids is 2. The van der Waals surface area contributed by atoms with Crippen molar-refractivity contribution in [1.29, 1.82) is 0 Å². The molecule has 6 heteroatoms. The van der Waals surface area contributed by atoms with Crippen molar-refractivity contribution in [2.45, 2.75) is 31.8 Å². The average molecular weight is 355 g/mol. The van der Waals surface area contributed by atoms with Gasteiger partial charge in [0.2, 0.25) is 11.8 Å². The van der Waals surface area contributed by atoms with Crippen LogP contribution in [0.1, 0.15) is 25.3 Å². The molecule has 4 nitrogen and oxygen atoms in total. The second kappa shape index (κ2) is 5.09. The number of hydrogen-bond acceptors (Lipinski definition) is 2. The monoisotopic (exact) mass is 354 g/mol. The molecule has 1 heterocycles. The molecular weight excluding hydrogens is 339 g/mol. The zero-order valence-electron chi connectivity index (χ0n) is 11.7. The molecule has 1 N–H and O–H groups in total. The third-order valence-corrected chi connectivity index (χ3v) is 4.97. The number of nitrogens with one attached hydrogen (secondary N) is 1. The SMILES string of the molecule is CC1(C2CC2)NC(=O)CN(Cc2ccc(F)cc2Br)C1=O. The summed E-state index contributed by atoms with van der Waals surface area (Å²) in [6.07, 6.45) is 1.94. The first-order valence-corrected chi connectivity index (χ1v) is 7.74. The highest BCUT2D eigenvalue weighted by molar-refractivity contribution is 9.10. The van der Waals surface area contributed by atoms with Crippen LogP contribution in [-0.4, -0.2) is 28.8 Å². The van der Waals surface area contributed by atoms with Gasteiger partial charge in [-0.3, -0.25) is 9.59 Å². The molecule has 1 aliphatic heterocycles. The van der Waals surface area contributed by atoms with Crippen LogP contribution in [-0.2, 0) is 16.1 Å². The zero-order valence-corrected chi connectivity index (χ0v) is 13.2. The molecule has 1 unspecified atom stereocenters. The highest BCUT2D eigenvalue weighted by atomic mass is 79.9. The number of benzene rings is 1. The minimum absolute atomic E-state index is 0.0466. The first-order valence-electron chi connectivity index (χ1n) is 6.94. The van der Waals surface area contributed by atoms with E-state index in [2.05, 4.69) is 21.2 Å². The molecule has 2 fully saturated rings. The molecule has 0 bridgehead atoms. The predicted octanol–water partition coefficient (Wildman–Crippen LogP) is 2.22. The Morgan fingerprint density at radius 3 is 2.76 bits per heavy atom. The van der Waals surface area contributed by atoms with Gasteiger partial charge in [0, 0.05) is 11.0 Å². The molecule has 1 atom stereocenters. The quantitative estimate of drug-likeness (QED) is 0.904. The van der Waals surface area contributed by atoms with Gasteiger partial charge >= 0.3 is 0 Å². The Labute approximate surface area is 130 Å². The summed E-state index contributed by atoms with van der Waals surface area (Å²) in [4.78, 5) is 26.1. The maximum absolute atomic E-state index is 13.1. The fourth-order valence-electron chi connectivity index (χ4n) is 2.88. The lowest BCUT2D eigenvalue weighted by Crippen LogP contribution is -2.66. The summed E-state index contributed by atoms with van der Waals surface area (Å²) >= 11 is 3.30. The van der Waals surface area contributed by atoms with E-state index in [-0.39, 0.29) is 30.1 Å². The average Bonchev–Trinajstić information content (AvgIpc) is 3.23. The fourth-order valence-corrected chi connectivity index (χ4v) is 3.35. The molecule has 3 rings (SSSR count). The molecule has 0 spiro atoms. The second-order valence-corrected chi connectivity index (χ2v) is 6.78. The third-order valence-electron chi connectivity index (χ3n) is 4.24. The fraction of sp³-hybridized carbons (Fsp3) is 0.467. The predicted molar refractivity (Wildman–Crippen MR) is 78.8 cm³/mol. The lowest BCUT2D eigenvalue weighted by molar-refractivity contribution is -0.150. The van der Waals surface area contributed by atoms with E-state index in [1.54, 1.807) is 17.9 Å². The molecule has 21 heavy (non-hydrogen) atoms. The molecule has 0 aromatic heterocycles. The van der Waals surface area contributed by atoms with E-state index in [1.807, 2.05) is 0 Å². The number of rotatable bonds is 3. The van der Waals surface area contributed by atoms with Gasteiger partial charge < -0.3 is 10.2 Å². The largest absolute Gasteiger partial charge is 0.340 e. The van der Waals surface area contributed by atoms with Gasteiger partial charge in [-0.25, -0.2) is 4.39 Å². The Balaban J connectivity index is 1.83. The van der Waals surface area contributed by atoms with Crippen LogP contribution in [0.15, 0.2) is 22.7 Å². The summed E-state index contributed by atoms with van der Waals surface area (Å²) in [5, 5.41) is 2.84. The van der Waals surface area contributed by atoms with E-state index in [0.717, 1.165) is 18.4 Å². The summed E-state index contributed by atoms with van der Waals surface area (Å²) in [6, 6.07) is 4.35. The van der Waals surface area contributed by atoms with E-state index in [0.29, 0.717) is 11.0 Å². The normalized spacial score (nSPS) is 26.0. The van der Waals surface area contributed by atoms with E-state index in [9.17, 15) is 14.0 Å². The number of nitrogens with zero attached hydrogens (tertiary/aromatic N) is 1. The Morgan fingerprint density at radius 2 is 2.14 bits per heavy atom. The lowest BCUT2D eigenvalue weighted by Gasteiger charge is -2.40. The molecule has 2 amide bonds. The molecule has 1 saturated carbocycles. The highest BCUT2D eigenvalue weighted by Gasteiger charge is 2.52. The highest BCUT2D eigenvalue weighted by Crippen LogP contribution is 2.41. The molecule has 1 aromatic carbocycles. The number of halogens is 2. The van der Waals surface area contributed by atoms with E-state index < -0.39 is 5.54 Å². The number of carbonyl (C=O) groups is 2. The van der Waals surface area contributed by atoms with Crippen molar-refractivity contribution in [2.75, 3.05) is 6.54 Å².